The topological polar surface area (TPSA) is 38.4 Å². The highest BCUT2D eigenvalue weighted by molar-refractivity contribution is 5.63. The van der Waals surface area contributed by atoms with E-state index in [2.05, 4.69) is 59.7 Å². The summed E-state index contributed by atoms with van der Waals surface area (Å²) in [7, 11) is 0. The van der Waals surface area contributed by atoms with Crippen molar-refractivity contribution in [3.63, 3.8) is 0 Å². The highest BCUT2D eigenvalue weighted by Crippen LogP contribution is 2.29. The lowest BCUT2D eigenvalue weighted by Crippen LogP contribution is -2.21. The molecule has 2 N–H and O–H groups in total. The predicted molar refractivity (Wildman–Crippen MR) is 73.5 cm³/mol. The quantitative estimate of drug-likeness (QED) is 0.724. The zero-order valence-electron chi connectivity index (χ0n) is 12.0. The zero-order chi connectivity index (χ0) is 13.0. The van der Waals surface area contributed by atoms with Crippen LogP contribution in [-0.2, 0) is 0 Å². The van der Waals surface area contributed by atoms with Crippen molar-refractivity contribution in [2.24, 2.45) is 27.5 Å². The van der Waals surface area contributed by atoms with Gasteiger partial charge in [-0.15, -0.1) is 0 Å². The second-order valence-corrected chi connectivity index (χ2v) is 6.46. The molecule has 0 aliphatic carbocycles. The summed E-state index contributed by atoms with van der Waals surface area (Å²) < 4.78 is 0. The first-order valence-corrected chi connectivity index (χ1v) is 6.09. The normalized spacial score (nSPS) is 16.8. The van der Waals surface area contributed by atoms with E-state index in [1.165, 1.54) is 0 Å². The molecular weight excluding hydrogens is 196 g/mol. The monoisotopic (exact) mass is 224 g/mol. The summed E-state index contributed by atoms with van der Waals surface area (Å²) in [6.07, 6.45) is 4.78. The number of nitrogens with zero attached hydrogens (tertiary/aromatic N) is 1. The molecule has 0 amide bonds. The van der Waals surface area contributed by atoms with E-state index < -0.39 is 0 Å². The summed E-state index contributed by atoms with van der Waals surface area (Å²) in [5.74, 6) is 0.491. The van der Waals surface area contributed by atoms with Gasteiger partial charge in [-0.3, -0.25) is 4.99 Å². The second kappa shape index (κ2) is 5.51. The highest BCUT2D eigenvalue weighted by atomic mass is 14.8. The van der Waals surface area contributed by atoms with Crippen LogP contribution in [0.2, 0.25) is 0 Å². The van der Waals surface area contributed by atoms with Gasteiger partial charge in [-0.1, -0.05) is 48.5 Å². The molecule has 0 aliphatic heterocycles. The third kappa shape index (κ3) is 4.82. The number of allylic oxidation sites excluding steroid dienone is 1. The number of aliphatic imine (C=N–C) groups is 1. The molecule has 0 radical (unpaired) electrons. The van der Waals surface area contributed by atoms with Crippen LogP contribution < -0.4 is 5.73 Å². The van der Waals surface area contributed by atoms with Crippen molar-refractivity contribution in [3.8, 4) is 0 Å². The lowest BCUT2D eigenvalue weighted by atomic mass is 9.80. The van der Waals surface area contributed by atoms with Gasteiger partial charge in [0.1, 0.15) is 0 Å². The largest absolute Gasteiger partial charge is 0.403 e. The van der Waals surface area contributed by atoms with E-state index in [1.54, 1.807) is 6.20 Å². The van der Waals surface area contributed by atoms with Crippen LogP contribution in [-0.4, -0.2) is 6.21 Å². The molecule has 0 rings (SSSR count). The molecule has 0 saturated heterocycles. The smallest absolute Gasteiger partial charge is 0.0607 e. The molecule has 1 atom stereocenters. The molecule has 16 heavy (non-hydrogen) atoms. The third-order valence-electron chi connectivity index (χ3n) is 2.87. The molecule has 0 fully saturated rings. The van der Waals surface area contributed by atoms with Gasteiger partial charge in [0.05, 0.1) is 5.70 Å². The van der Waals surface area contributed by atoms with Crippen LogP contribution >= 0.6 is 0 Å². The first-order valence-electron chi connectivity index (χ1n) is 6.09. The second-order valence-electron chi connectivity index (χ2n) is 6.46. The summed E-state index contributed by atoms with van der Waals surface area (Å²) in [5.41, 5.74) is 6.85. The van der Waals surface area contributed by atoms with Gasteiger partial charge in [0, 0.05) is 17.8 Å². The Labute approximate surface area is 101 Å². The number of nitrogens with two attached hydrogens (primary N) is 1. The van der Waals surface area contributed by atoms with E-state index in [4.69, 9.17) is 5.73 Å². The first-order chi connectivity index (χ1) is 7.12. The van der Waals surface area contributed by atoms with Gasteiger partial charge in [0.25, 0.3) is 0 Å². The molecular formula is C14H28N2. The van der Waals surface area contributed by atoms with Crippen LogP contribution in [0, 0.1) is 16.7 Å². The van der Waals surface area contributed by atoms with E-state index in [0.717, 1.165) is 12.1 Å². The maximum atomic E-state index is 5.62. The first kappa shape index (κ1) is 15.2. The molecule has 0 aromatic heterocycles. The Hall–Kier alpha value is -0.790. The summed E-state index contributed by atoms with van der Waals surface area (Å²) in [6.45, 7) is 15.3. The Kier molecular flexibility index (Phi) is 5.24. The molecule has 2 heteroatoms. The minimum atomic E-state index is 0.0153. The van der Waals surface area contributed by atoms with Crippen LogP contribution in [0.5, 0.6) is 0 Å². The van der Waals surface area contributed by atoms with E-state index in [0.29, 0.717) is 5.92 Å². The minimum Gasteiger partial charge on any atom is -0.403 e. The fourth-order valence-electron chi connectivity index (χ4n) is 1.60. The number of hydrogen-bond acceptors (Lipinski definition) is 2. The molecule has 0 bridgehead atoms. The maximum absolute atomic E-state index is 5.62. The molecule has 0 heterocycles. The molecule has 0 aromatic carbocycles. The van der Waals surface area contributed by atoms with Gasteiger partial charge in [0.2, 0.25) is 0 Å². The summed E-state index contributed by atoms with van der Waals surface area (Å²) in [5, 5.41) is 0. The third-order valence-corrected chi connectivity index (χ3v) is 2.87. The van der Waals surface area contributed by atoms with Crippen molar-refractivity contribution in [3.05, 3.63) is 11.9 Å². The SMILES string of the molecule is CCC(C=N/C(=C\N)C(C)(C)C)C(C)(C)C. The Balaban J connectivity index is 4.82. The standard InChI is InChI=1S/C14H28N2/c1-8-11(13(2,3)4)10-16-12(9-15)14(5,6)7/h9-11H,8,15H2,1-7H3/b12-9-,16-10?. The molecule has 1 unspecified atom stereocenters. The fraction of sp³-hybridized carbons (Fsp3) is 0.786. The zero-order valence-corrected chi connectivity index (χ0v) is 12.0. The van der Waals surface area contributed by atoms with Crippen LogP contribution in [0.1, 0.15) is 54.9 Å². The Morgan fingerprint density at radius 3 is 1.94 bits per heavy atom. The molecule has 0 aliphatic rings. The summed E-state index contributed by atoms with van der Waals surface area (Å²) in [6, 6.07) is 0. The van der Waals surface area contributed by atoms with Crippen LogP contribution in [0.15, 0.2) is 16.9 Å². The van der Waals surface area contributed by atoms with Crippen molar-refractivity contribution in [2.45, 2.75) is 54.9 Å². The van der Waals surface area contributed by atoms with Gasteiger partial charge in [0.15, 0.2) is 0 Å². The average molecular weight is 224 g/mol. The highest BCUT2D eigenvalue weighted by Gasteiger charge is 2.22. The molecule has 0 aromatic rings. The van der Waals surface area contributed by atoms with Gasteiger partial charge < -0.3 is 5.73 Å². The summed E-state index contributed by atoms with van der Waals surface area (Å²) >= 11 is 0. The minimum absolute atomic E-state index is 0.0153. The molecule has 0 saturated carbocycles. The van der Waals surface area contributed by atoms with Crippen molar-refractivity contribution < 1.29 is 0 Å². The van der Waals surface area contributed by atoms with E-state index in [-0.39, 0.29) is 10.8 Å². The molecule has 2 nitrogen and oxygen atoms in total. The van der Waals surface area contributed by atoms with Crippen molar-refractivity contribution in [1.82, 2.24) is 0 Å². The van der Waals surface area contributed by atoms with Gasteiger partial charge in [-0.25, -0.2) is 0 Å². The maximum Gasteiger partial charge on any atom is 0.0607 e. The molecule has 0 spiro atoms. The number of rotatable bonds is 3. The average Bonchev–Trinajstić information content (AvgIpc) is 2.08. The van der Waals surface area contributed by atoms with E-state index >= 15 is 0 Å². The van der Waals surface area contributed by atoms with Gasteiger partial charge >= 0.3 is 0 Å². The Bertz CT molecular complexity index is 261. The van der Waals surface area contributed by atoms with Crippen molar-refractivity contribution in [2.75, 3.05) is 0 Å². The lowest BCUT2D eigenvalue weighted by Gasteiger charge is -2.27. The Morgan fingerprint density at radius 1 is 1.19 bits per heavy atom. The molecule has 94 valence electrons. The number of hydrogen-bond donors (Lipinski definition) is 1. The van der Waals surface area contributed by atoms with Crippen LogP contribution in [0.25, 0.3) is 0 Å². The fourth-order valence-corrected chi connectivity index (χ4v) is 1.60. The van der Waals surface area contributed by atoms with Crippen LogP contribution in [0.4, 0.5) is 0 Å². The van der Waals surface area contributed by atoms with Crippen LogP contribution in [0.3, 0.4) is 0 Å². The van der Waals surface area contributed by atoms with Crippen molar-refractivity contribution >= 4 is 6.21 Å². The predicted octanol–water partition coefficient (Wildman–Crippen LogP) is 3.98. The summed E-state index contributed by atoms with van der Waals surface area (Å²) in [4.78, 5) is 4.56. The van der Waals surface area contributed by atoms with E-state index in [9.17, 15) is 0 Å². The Morgan fingerprint density at radius 2 is 1.69 bits per heavy atom. The van der Waals surface area contributed by atoms with Gasteiger partial charge in [-0.2, -0.15) is 0 Å². The lowest BCUT2D eigenvalue weighted by molar-refractivity contribution is 0.310. The van der Waals surface area contributed by atoms with Crippen molar-refractivity contribution in [1.29, 1.82) is 0 Å². The van der Waals surface area contributed by atoms with E-state index in [1.807, 2.05) is 0 Å². The van der Waals surface area contributed by atoms with Gasteiger partial charge in [-0.05, 0) is 17.8 Å².